The molecule has 1 aromatic heterocycles. The quantitative estimate of drug-likeness (QED) is 0.895. The van der Waals surface area contributed by atoms with Gasteiger partial charge in [0.25, 0.3) is 0 Å². The second-order valence-electron chi connectivity index (χ2n) is 4.45. The molecule has 0 bridgehead atoms. The molecule has 3 rings (SSSR count). The van der Waals surface area contributed by atoms with Gasteiger partial charge in [0.05, 0.1) is 6.20 Å². The van der Waals surface area contributed by atoms with Crippen molar-refractivity contribution in [1.29, 1.82) is 0 Å². The number of pyridine rings is 1. The molecule has 0 radical (unpaired) electrons. The van der Waals surface area contributed by atoms with Gasteiger partial charge >= 0.3 is 0 Å². The summed E-state index contributed by atoms with van der Waals surface area (Å²) in [5.74, 6) is 0.818. The van der Waals surface area contributed by atoms with Crippen LogP contribution in [0, 0.1) is 0 Å². The second-order valence-corrected chi connectivity index (χ2v) is 4.45. The summed E-state index contributed by atoms with van der Waals surface area (Å²) in [4.78, 5) is 4.05. The van der Waals surface area contributed by atoms with Crippen LogP contribution in [0.2, 0.25) is 0 Å². The van der Waals surface area contributed by atoms with E-state index in [9.17, 15) is 0 Å². The molecule has 3 heteroatoms. The smallest absolute Gasteiger partial charge is 0.138 e. The van der Waals surface area contributed by atoms with Crippen molar-refractivity contribution in [1.82, 2.24) is 4.98 Å². The van der Waals surface area contributed by atoms with Gasteiger partial charge in [0.15, 0.2) is 0 Å². The summed E-state index contributed by atoms with van der Waals surface area (Å²) in [6, 6.07) is 10.2. The van der Waals surface area contributed by atoms with Gasteiger partial charge < -0.3 is 10.1 Å². The number of benzene rings is 1. The molecule has 0 atom stereocenters. The first kappa shape index (κ1) is 11.1. The topological polar surface area (TPSA) is 34.1 Å². The molecule has 1 aromatic carbocycles. The molecule has 0 fully saturated rings. The van der Waals surface area contributed by atoms with Crippen molar-refractivity contribution in [3.05, 3.63) is 53.9 Å². The lowest BCUT2D eigenvalue weighted by atomic mass is 9.98. The zero-order valence-electron chi connectivity index (χ0n) is 10.2. The Kier molecular flexibility index (Phi) is 3.13. The Hall–Kier alpha value is -2.03. The minimum Gasteiger partial charge on any atom is -0.487 e. The van der Waals surface area contributed by atoms with Crippen LogP contribution in [0.1, 0.15) is 17.5 Å². The molecule has 1 aliphatic heterocycles. The van der Waals surface area contributed by atoms with Gasteiger partial charge in [-0.15, -0.1) is 0 Å². The minimum atomic E-state index is 0.608. The predicted octanol–water partition coefficient (Wildman–Crippen LogP) is 3.02. The van der Waals surface area contributed by atoms with E-state index < -0.39 is 0 Å². The van der Waals surface area contributed by atoms with Crippen LogP contribution in [-0.2, 0) is 13.0 Å². The van der Waals surface area contributed by atoms with E-state index in [1.54, 1.807) is 12.4 Å². The molecule has 0 saturated heterocycles. The number of ether oxygens (including phenoxy) is 1. The van der Waals surface area contributed by atoms with Gasteiger partial charge in [0, 0.05) is 18.4 Å². The predicted molar refractivity (Wildman–Crippen MR) is 71.8 cm³/mol. The largest absolute Gasteiger partial charge is 0.487 e. The van der Waals surface area contributed by atoms with Crippen molar-refractivity contribution < 1.29 is 4.74 Å². The van der Waals surface area contributed by atoms with Crippen LogP contribution >= 0.6 is 0 Å². The molecule has 0 unspecified atom stereocenters. The first-order valence-electron chi connectivity index (χ1n) is 6.31. The molecule has 0 spiro atoms. The molecule has 1 N–H and O–H groups in total. The lowest BCUT2D eigenvalue weighted by molar-refractivity contribution is 0.303. The lowest BCUT2D eigenvalue weighted by Crippen LogP contribution is -2.14. The number of nitrogens with one attached hydrogen (secondary N) is 1. The molecule has 0 saturated carbocycles. The summed E-state index contributed by atoms with van der Waals surface area (Å²) in [5.41, 5.74) is 3.92. The molecule has 3 nitrogen and oxygen atoms in total. The normalized spacial score (nSPS) is 13.6. The van der Waals surface area contributed by atoms with Gasteiger partial charge in [-0.1, -0.05) is 12.1 Å². The molecule has 0 amide bonds. The van der Waals surface area contributed by atoms with Crippen LogP contribution < -0.4 is 10.1 Å². The number of anilines is 1. The van der Waals surface area contributed by atoms with E-state index in [1.165, 1.54) is 23.2 Å². The molecule has 2 aromatic rings. The number of nitrogens with zero attached hydrogens (tertiary/aromatic N) is 1. The third-order valence-electron chi connectivity index (χ3n) is 3.22. The van der Waals surface area contributed by atoms with Crippen molar-refractivity contribution >= 4 is 5.69 Å². The number of rotatable bonds is 3. The summed E-state index contributed by atoms with van der Waals surface area (Å²) in [5, 5.41) is 3.43. The second kappa shape index (κ2) is 5.08. The average molecular weight is 240 g/mol. The van der Waals surface area contributed by atoms with Gasteiger partial charge in [-0.3, -0.25) is 4.98 Å². The number of hydrogen-bond donors (Lipinski definition) is 1. The average Bonchev–Trinajstić information content (AvgIpc) is 2.46. The Balaban J connectivity index is 1.77. The van der Waals surface area contributed by atoms with E-state index in [1.807, 2.05) is 12.1 Å². The fraction of sp³-hybridized carbons (Fsp3) is 0.267. The standard InChI is InChI=1S/C15H16N2O/c1-4-12(11-18-13-5-2-8-16-10-13)14-6-3-9-17-15(14)7-1/h1-2,4-5,7-8,10,17H,3,6,9,11H2. The van der Waals surface area contributed by atoms with E-state index in [-0.39, 0.29) is 0 Å². The number of fused-ring (bicyclic) bond motifs is 1. The third kappa shape index (κ3) is 2.30. The van der Waals surface area contributed by atoms with Crippen molar-refractivity contribution in [2.45, 2.75) is 19.4 Å². The highest BCUT2D eigenvalue weighted by atomic mass is 16.5. The van der Waals surface area contributed by atoms with Crippen LogP contribution in [0.25, 0.3) is 0 Å². The molecule has 18 heavy (non-hydrogen) atoms. The fourth-order valence-corrected chi connectivity index (χ4v) is 2.31. The van der Waals surface area contributed by atoms with Gasteiger partial charge in [0.1, 0.15) is 12.4 Å². The van der Waals surface area contributed by atoms with Crippen molar-refractivity contribution in [2.75, 3.05) is 11.9 Å². The van der Waals surface area contributed by atoms with E-state index in [4.69, 9.17) is 4.74 Å². The van der Waals surface area contributed by atoms with Gasteiger partial charge in [-0.05, 0) is 42.2 Å². The Morgan fingerprint density at radius 1 is 1.22 bits per heavy atom. The summed E-state index contributed by atoms with van der Waals surface area (Å²) in [7, 11) is 0. The maximum Gasteiger partial charge on any atom is 0.138 e. The van der Waals surface area contributed by atoms with E-state index >= 15 is 0 Å². The Morgan fingerprint density at radius 2 is 2.22 bits per heavy atom. The molecule has 0 aliphatic carbocycles. The van der Waals surface area contributed by atoms with Crippen molar-refractivity contribution in [2.24, 2.45) is 0 Å². The lowest BCUT2D eigenvalue weighted by Gasteiger charge is -2.21. The van der Waals surface area contributed by atoms with E-state index in [2.05, 4.69) is 28.5 Å². The van der Waals surface area contributed by atoms with Crippen LogP contribution in [0.4, 0.5) is 5.69 Å². The van der Waals surface area contributed by atoms with E-state index in [0.29, 0.717) is 6.61 Å². The van der Waals surface area contributed by atoms with Gasteiger partial charge in [0.2, 0.25) is 0 Å². The Morgan fingerprint density at radius 3 is 3.11 bits per heavy atom. The van der Waals surface area contributed by atoms with Crippen LogP contribution in [0.15, 0.2) is 42.7 Å². The molecular formula is C15H16N2O. The number of hydrogen-bond acceptors (Lipinski definition) is 3. The Bertz CT molecular complexity index is 525. The monoisotopic (exact) mass is 240 g/mol. The Labute approximate surface area is 107 Å². The van der Waals surface area contributed by atoms with Crippen LogP contribution in [-0.4, -0.2) is 11.5 Å². The highest BCUT2D eigenvalue weighted by molar-refractivity contribution is 5.56. The van der Waals surface area contributed by atoms with Crippen LogP contribution in [0.5, 0.6) is 5.75 Å². The van der Waals surface area contributed by atoms with Gasteiger partial charge in [-0.25, -0.2) is 0 Å². The fourth-order valence-electron chi connectivity index (χ4n) is 2.31. The van der Waals surface area contributed by atoms with Gasteiger partial charge in [-0.2, -0.15) is 0 Å². The van der Waals surface area contributed by atoms with Crippen LogP contribution in [0.3, 0.4) is 0 Å². The van der Waals surface area contributed by atoms with E-state index in [0.717, 1.165) is 18.7 Å². The zero-order chi connectivity index (χ0) is 12.2. The molecule has 1 aliphatic rings. The summed E-state index contributed by atoms with van der Waals surface area (Å²) in [6.45, 7) is 1.68. The maximum atomic E-state index is 5.77. The summed E-state index contributed by atoms with van der Waals surface area (Å²) in [6.07, 6.45) is 5.82. The first-order chi connectivity index (χ1) is 8.93. The highest BCUT2D eigenvalue weighted by Crippen LogP contribution is 2.26. The summed E-state index contributed by atoms with van der Waals surface area (Å²) < 4.78 is 5.77. The highest BCUT2D eigenvalue weighted by Gasteiger charge is 2.12. The molecular weight excluding hydrogens is 224 g/mol. The number of aromatic nitrogens is 1. The zero-order valence-corrected chi connectivity index (χ0v) is 10.2. The first-order valence-corrected chi connectivity index (χ1v) is 6.31. The SMILES string of the molecule is c1cncc(OCc2cccc3c2CCCN3)c1. The summed E-state index contributed by atoms with van der Waals surface area (Å²) >= 11 is 0. The maximum absolute atomic E-state index is 5.77. The van der Waals surface area contributed by atoms with Crippen molar-refractivity contribution in [3.8, 4) is 5.75 Å². The van der Waals surface area contributed by atoms with Crippen molar-refractivity contribution in [3.63, 3.8) is 0 Å². The molecule has 2 heterocycles. The third-order valence-corrected chi connectivity index (χ3v) is 3.22. The minimum absolute atomic E-state index is 0.608. The molecule has 92 valence electrons.